The summed E-state index contributed by atoms with van der Waals surface area (Å²) < 4.78 is 0. The van der Waals surface area contributed by atoms with Crippen molar-refractivity contribution in [2.45, 2.75) is 79.3 Å². The molecule has 2 aromatic carbocycles. The number of amides is 2. The van der Waals surface area contributed by atoms with Gasteiger partial charge >= 0.3 is 0 Å². The predicted molar refractivity (Wildman–Crippen MR) is 198 cm³/mol. The van der Waals surface area contributed by atoms with Gasteiger partial charge in [-0.05, 0) is 125 Å². The van der Waals surface area contributed by atoms with Crippen molar-refractivity contribution in [2.75, 3.05) is 0 Å². The smallest absolute Gasteiger partial charge is 0.252 e. The molecule has 4 heterocycles. The van der Waals surface area contributed by atoms with E-state index in [4.69, 9.17) is 23.2 Å². The number of carbonyl (C=O) groups is 2. The number of halogens is 2. The molecule has 0 unspecified atom stereocenters. The maximum atomic E-state index is 12.7. The number of hydrogen-bond acceptors (Lipinski definition) is 6. The average molecular weight is 714 g/mol. The molecule has 0 radical (unpaired) electrons. The molecule has 2 amide bonds. The molecule has 0 aliphatic carbocycles. The number of nitrogens with zero attached hydrogens (tertiary/aromatic N) is 2. The molecular formula is C40H42Cl2N4O4. The SMILES string of the molecule is Cc1cc2c(c(C)n1)CNC(=O)c1cc(Cl)cc(O)c1C/C=C/CC2.Cc1cc2c(c(C)n1)CNC(=O)c1cc(Cl)cc(O)c1C/C=C\CC2. The lowest BCUT2D eigenvalue weighted by molar-refractivity contribution is 0.0941. The Balaban J connectivity index is 0.000000194. The number of pyridine rings is 2. The van der Waals surface area contributed by atoms with Crippen molar-refractivity contribution in [1.29, 1.82) is 0 Å². The molecule has 4 aromatic rings. The second-order valence-corrected chi connectivity index (χ2v) is 13.5. The molecule has 8 nitrogen and oxygen atoms in total. The van der Waals surface area contributed by atoms with Crippen LogP contribution in [0, 0.1) is 27.7 Å². The van der Waals surface area contributed by atoms with Gasteiger partial charge in [-0.2, -0.15) is 0 Å². The number of fused-ring (bicyclic) bond motifs is 4. The van der Waals surface area contributed by atoms with E-state index in [0.717, 1.165) is 59.6 Å². The zero-order valence-electron chi connectivity index (χ0n) is 28.8. The molecule has 260 valence electrons. The number of benzene rings is 2. The van der Waals surface area contributed by atoms with Gasteiger partial charge in [-0.1, -0.05) is 47.5 Å². The molecule has 2 aliphatic heterocycles. The lowest BCUT2D eigenvalue weighted by Crippen LogP contribution is -2.25. The van der Waals surface area contributed by atoms with E-state index in [2.05, 4.69) is 44.9 Å². The Labute approximate surface area is 303 Å². The van der Waals surface area contributed by atoms with Crippen molar-refractivity contribution in [2.24, 2.45) is 0 Å². The molecule has 4 N–H and O–H groups in total. The van der Waals surface area contributed by atoms with Crippen LogP contribution in [0.3, 0.4) is 0 Å². The molecule has 2 aromatic heterocycles. The fraction of sp³-hybridized carbons (Fsp3) is 0.300. The van der Waals surface area contributed by atoms with Crippen LogP contribution in [0.5, 0.6) is 11.5 Å². The summed E-state index contributed by atoms with van der Waals surface area (Å²) in [6.07, 6.45) is 12.7. The van der Waals surface area contributed by atoms with Crippen LogP contribution in [-0.4, -0.2) is 32.0 Å². The second-order valence-electron chi connectivity index (χ2n) is 12.7. The van der Waals surface area contributed by atoms with Gasteiger partial charge in [0.2, 0.25) is 0 Å². The van der Waals surface area contributed by atoms with Crippen LogP contribution in [0.25, 0.3) is 0 Å². The third-order valence-corrected chi connectivity index (χ3v) is 9.40. The lowest BCUT2D eigenvalue weighted by Gasteiger charge is -2.16. The maximum Gasteiger partial charge on any atom is 0.252 e. The van der Waals surface area contributed by atoms with Gasteiger partial charge in [0.05, 0.1) is 0 Å². The van der Waals surface area contributed by atoms with E-state index >= 15 is 0 Å². The lowest BCUT2D eigenvalue weighted by atomic mass is 9.98. The average Bonchev–Trinajstić information content (AvgIpc) is 3.03. The molecule has 2 aliphatic rings. The zero-order valence-corrected chi connectivity index (χ0v) is 30.3. The largest absolute Gasteiger partial charge is 0.508 e. The molecule has 0 bridgehead atoms. The van der Waals surface area contributed by atoms with Gasteiger partial charge < -0.3 is 20.8 Å². The van der Waals surface area contributed by atoms with Crippen molar-refractivity contribution in [1.82, 2.24) is 20.6 Å². The molecule has 0 fully saturated rings. The van der Waals surface area contributed by atoms with Gasteiger partial charge in [-0.15, -0.1) is 0 Å². The fourth-order valence-electron chi connectivity index (χ4n) is 6.52. The predicted octanol–water partition coefficient (Wildman–Crippen LogP) is 8.06. The van der Waals surface area contributed by atoms with Crippen LogP contribution < -0.4 is 10.6 Å². The summed E-state index contributed by atoms with van der Waals surface area (Å²) in [4.78, 5) is 34.4. The van der Waals surface area contributed by atoms with Gasteiger partial charge in [0.15, 0.2) is 0 Å². The minimum Gasteiger partial charge on any atom is -0.508 e. The quantitative estimate of drug-likeness (QED) is 0.137. The highest BCUT2D eigenvalue weighted by Crippen LogP contribution is 2.30. The Hall–Kier alpha value is -4.66. The van der Waals surface area contributed by atoms with Crippen LogP contribution in [-0.2, 0) is 38.8 Å². The highest BCUT2D eigenvalue weighted by Gasteiger charge is 2.19. The first-order chi connectivity index (χ1) is 23.9. The highest BCUT2D eigenvalue weighted by molar-refractivity contribution is 6.31. The van der Waals surface area contributed by atoms with E-state index < -0.39 is 0 Å². The van der Waals surface area contributed by atoms with Gasteiger partial charge in [0.25, 0.3) is 11.8 Å². The summed E-state index contributed by atoms with van der Waals surface area (Å²) >= 11 is 12.1. The number of hydrogen-bond donors (Lipinski definition) is 4. The second kappa shape index (κ2) is 16.4. The third kappa shape index (κ3) is 8.92. The van der Waals surface area contributed by atoms with Crippen molar-refractivity contribution < 1.29 is 19.8 Å². The first kappa shape index (κ1) is 36.6. The Bertz CT molecular complexity index is 1860. The number of phenols is 2. The first-order valence-electron chi connectivity index (χ1n) is 16.7. The minimum absolute atomic E-state index is 0.0493. The number of carbonyl (C=O) groups excluding carboxylic acids is 2. The van der Waals surface area contributed by atoms with Crippen LogP contribution in [0.1, 0.15) is 89.7 Å². The molecule has 10 heteroatoms. The molecule has 0 saturated heterocycles. The van der Waals surface area contributed by atoms with Crippen LogP contribution in [0.4, 0.5) is 0 Å². The van der Waals surface area contributed by atoms with Gasteiger partial charge in [0.1, 0.15) is 11.5 Å². The highest BCUT2D eigenvalue weighted by atomic mass is 35.5. The maximum absolute atomic E-state index is 12.7. The standard InChI is InChI=1S/2C20H21ClN2O2/c2*1-12-8-14-6-4-3-5-7-16-17(9-15(21)10-19(16)24)20(25)22-11-18(14)13(2)23-12/h2*3,5,8-10,24H,4,6-7,11H2,1-2H3,(H,22,25)/b5-3+;5-3-. The molecule has 0 atom stereocenters. The first-order valence-corrected chi connectivity index (χ1v) is 17.5. The Morgan fingerprint density at radius 1 is 0.580 bits per heavy atom. The molecule has 0 spiro atoms. The Kier molecular flexibility index (Phi) is 12.0. The zero-order chi connectivity index (χ0) is 35.9. The number of aromatic nitrogens is 2. The minimum atomic E-state index is -0.243. The number of aryl methyl sites for hydroxylation is 6. The van der Waals surface area contributed by atoms with Gasteiger partial charge in [0, 0.05) is 68.2 Å². The van der Waals surface area contributed by atoms with Crippen LogP contribution in [0.2, 0.25) is 10.0 Å². The summed E-state index contributed by atoms with van der Waals surface area (Å²) in [5, 5.41) is 27.0. The molecule has 0 saturated carbocycles. The van der Waals surface area contributed by atoms with E-state index in [1.54, 1.807) is 12.1 Å². The fourth-order valence-corrected chi connectivity index (χ4v) is 6.95. The van der Waals surface area contributed by atoms with Crippen molar-refractivity contribution in [3.63, 3.8) is 0 Å². The molecule has 50 heavy (non-hydrogen) atoms. The summed E-state index contributed by atoms with van der Waals surface area (Å²) in [5.74, 6) is -0.387. The molecule has 6 rings (SSSR count). The number of allylic oxidation sites excluding steroid dienone is 4. The van der Waals surface area contributed by atoms with E-state index in [9.17, 15) is 19.8 Å². The summed E-state index contributed by atoms with van der Waals surface area (Å²) in [7, 11) is 0. The van der Waals surface area contributed by atoms with Gasteiger partial charge in [-0.25, -0.2) is 0 Å². The van der Waals surface area contributed by atoms with E-state index in [0.29, 0.717) is 58.2 Å². The Morgan fingerprint density at radius 2 is 0.980 bits per heavy atom. The van der Waals surface area contributed by atoms with Crippen molar-refractivity contribution in [3.8, 4) is 11.5 Å². The number of rotatable bonds is 0. The Morgan fingerprint density at radius 3 is 1.38 bits per heavy atom. The topological polar surface area (TPSA) is 124 Å². The van der Waals surface area contributed by atoms with Crippen molar-refractivity contribution in [3.05, 3.63) is 138 Å². The summed E-state index contributed by atoms with van der Waals surface area (Å²) in [5.41, 5.74) is 10.4. The van der Waals surface area contributed by atoms with Crippen LogP contribution in [0.15, 0.2) is 60.7 Å². The number of phenolic OH excluding ortho intramolecular Hbond substituents is 2. The van der Waals surface area contributed by atoms with E-state index in [1.165, 1.54) is 23.3 Å². The normalized spacial score (nSPS) is 16.0. The van der Waals surface area contributed by atoms with Crippen molar-refractivity contribution >= 4 is 35.0 Å². The van der Waals surface area contributed by atoms with E-state index in [1.807, 2.05) is 39.8 Å². The van der Waals surface area contributed by atoms with Gasteiger partial charge in [-0.3, -0.25) is 19.6 Å². The van der Waals surface area contributed by atoms with E-state index in [-0.39, 0.29) is 23.3 Å². The third-order valence-electron chi connectivity index (χ3n) is 8.96. The number of aromatic hydroxyl groups is 2. The number of nitrogens with one attached hydrogen (secondary N) is 2. The summed E-state index contributed by atoms with van der Waals surface area (Å²) in [6.45, 7) is 8.72. The molecular weight excluding hydrogens is 671 g/mol. The van der Waals surface area contributed by atoms with Crippen LogP contribution >= 0.6 is 23.2 Å². The summed E-state index contributed by atoms with van der Waals surface area (Å²) in [6, 6.07) is 10.3. The monoisotopic (exact) mass is 712 g/mol.